The summed E-state index contributed by atoms with van der Waals surface area (Å²) in [5.74, 6) is 1.10. The predicted octanol–water partition coefficient (Wildman–Crippen LogP) is 4.42. The normalized spacial score (nSPS) is 16.3. The molecule has 2 aromatic carbocycles. The van der Waals surface area contributed by atoms with Gasteiger partial charge in [0.25, 0.3) is 0 Å². The third-order valence-corrected chi connectivity index (χ3v) is 4.62. The summed E-state index contributed by atoms with van der Waals surface area (Å²) in [6, 6.07) is 15.5. The van der Waals surface area contributed by atoms with Crippen LogP contribution < -0.4 is 15.4 Å². The second-order valence-electron chi connectivity index (χ2n) is 7.11. The van der Waals surface area contributed by atoms with Gasteiger partial charge in [-0.05, 0) is 54.7 Å². The Kier molecular flexibility index (Phi) is 6.71. The second kappa shape index (κ2) is 9.42. The number of hydrogen-bond donors (Lipinski definition) is 2. The Morgan fingerprint density at radius 3 is 2.67 bits per heavy atom. The highest BCUT2D eigenvalue weighted by Gasteiger charge is 2.16. The smallest absolute Gasteiger partial charge is 0.243 e. The summed E-state index contributed by atoms with van der Waals surface area (Å²) in [6.07, 6.45) is 2.36. The predicted molar refractivity (Wildman–Crippen MR) is 109 cm³/mol. The van der Waals surface area contributed by atoms with Crippen molar-refractivity contribution >= 4 is 17.3 Å². The van der Waals surface area contributed by atoms with Crippen LogP contribution in [0.15, 0.2) is 48.5 Å². The van der Waals surface area contributed by atoms with Gasteiger partial charge in [0.15, 0.2) is 0 Å². The van der Waals surface area contributed by atoms with Crippen LogP contribution in [0.5, 0.6) is 5.75 Å². The fourth-order valence-electron chi connectivity index (χ4n) is 3.14. The van der Waals surface area contributed by atoms with Crippen LogP contribution in [0.25, 0.3) is 0 Å². The van der Waals surface area contributed by atoms with Crippen molar-refractivity contribution in [1.82, 2.24) is 0 Å². The molecule has 0 saturated carbocycles. The van der Waals surface area contributed by atoms with E-state index < -0.39 is 0 Å². The molecule has 0 radical (unpaired) electrons. The number of benzene rings is 2. The van der Waals surface area contributed by atoms with E-state index in [1.807, 2.05) is 42.5 Å². The Morgan fingerprint density at radius 1 is 1.19 bits per heavy atom. The molecule has 1 fully saturated rings. The monoisotopic (exact) mass is 368 g/mol. The number of anilines is 2. The van der Waals surface area contributed by atoms with Crippen LogP contribution in [0.2, 0.25) is 0 Å². The molecule has 1 saturated heterocycles. The van der Waals surface area contributed by atoms with E-state index in [-0.39, 0.29) is 18.6 Å². The number of nitrogens with one attached hydrogen (secondary N) is 2. The Balaban J connectivity index is 1.46. The molecule has 1 unspecified atom stereocenters. The minimum atomic E-state index is -0.0819. The van der Waals surface area contributed by atoms with Gasteiger partial charge < -0.3 is 20.1 Å². The molecular formula is C22H28N2O3. The molecule has 0 aromatic heterocycles. The lowest BCUT2D eigenvalue weighted by Gasteiger charge is -2.14. The van der Waals surface area contributed by atoms with Gasteiger partial charge >= 0.3 is 0 Å². The summed E-state index contributed by atoms with van der Waals surface area (Å²) in [4.78, 5) is 12.2. The molecule has 27 heavy (non-hydrogen) atoms. The van der Waals surface area contributed by atoms with Gasteiger partial charge in [0.05, 0.1) is 12.6 Å². The fraction of sp³-hybridized carbons (Fsp3) is 0.409. The molecule has 1 atom stereocenters. The molecule has 1 amide bonds. The minimum absolute atomic E-state index is 0.0819. The molecule has 0 aliphatic carbocycles. The van der Waals surface area contributed by atoms with E-state index in [0.29, 0.717) is 12.5 Å². The Labute approximate surface area is 161 Å². The first-order valence-corrected chi connectivity index (χ1v) is 9.59. The maximum absolute atomic E-state index is 12.2. The van der Waals surface area contributed by atoms with Crippen molar-refractivity contribution in [1.29, 1.82) is 0 Å². The zero-order valence-electron chi connectivity index (χ0n) is 16.0. The molecule has 1 heterocycles. The van der Waals surface area contributed by atoms with Crippen molar-refractivity contribution in [2.75, 3.05) is 30.4 Å². The molecule has 1 aliphatic heterocycles. The van der Waals surface area contributed by atoms with Crippen molar-refractivity contribution in [3.8, 4) is 5.75 Å². The zero-order chi connectivity index (χ0) is 19.1. The molecule has 0 spiro atoms. The van der Waals surface area contributed by atoms with E-state index in [1.165, 1.54) is 5.56 Å². The molecule has 3 rings (SSSR count). The maximum Gasteiger partial charge on any atom is 0.243 e. The lowest BCUT2D eigenvalue weighted by molar-refractivity contribution is -0.114. The highest BCUT2D eigenvalue weighted by Crippen LogP contribution is 2.23. The van der Waals surface area contributed by atoms with Gasteiger partial charge in [-0.2, -0.15) is 0 Å². The lowest BCUT2D eigenvalue weighted by Crippen LogP contribution is -2.22. The van der Waals surface area contributed by atoms with Crippen LogP contribution in [0.3, 0.4) is 0 Å². The number of amides is 1. The van der Waals surface area contributed by atoms with Crippen LogP contribution >= 0.6 is 0 Å². The van der Waals surface area contributed by atoms with Crippen LogP contribution in [-0.4, -0.2) is 31.8 Å². The van der Waals surface area contributed by atoms with E-state index in [9.17, 15) is 4.79 Å². The first-order chi connectivity index (χ1) is 13.1. The van der Waals surface area contributed by atoms with Crippen molar-refractivity contribution in [3.05, 3.63) is 54.1 Å². The molecule has 144 valence electrons. The third kappa shape index (κ3) is 5.73. The summed E-state index contributed by atoms with van der Waals surface area (Å²) in [5.41, 5.74) is 2.96. The summed E-state index contributed by atoms with van der Waals surface area (Å²) in [5, 5.41) is 6.13. The molecule has 0 bridgehead atoms. The van der Waals surface area contributed by atoms with Crippen molar-refractivity contribution in [2.24, 2.45) is 0 Å². The number of rotatable bonds is 8. The Hall–Kier alpha value is -2.53. The van der Waals surface area contributed by atoms with Gasteiger partial charge in [0.1, 0.15) is 12.4 Å². The van der Waals surface area contributed by atoms with Gasteiger partial charge in [-0.3, -0.25) is 4.79 Å². The third-order valence-electron chi connectivity index (χ3n) is 4.62. The topological polar surface area (TPSA) is 59.6 Å². The number of ether oxygens (including phenoxy) is 2. The quantitative estimate of drug-likeness (QED) is 0.724. The molecular weight excluding hydrogens is 340 g/mol. The maximum atomic E-state index is 12.2. The number of para-hydroxylation sites is 1. The Morgan fingerprint density at radius 2 is 1.96 bits per heavy atom. The molecule has 5 nitrogen and oxygen atoms in total. The average molecular weight is 368 g/mol. The first kappa shape index (κ1) is 19.2. The highest BCUT2D eigenvalue weighted by molar-refractivity contribution is 5.93. The fourth-order valence-corrected chi connectivity index (χ4v) is 3.14. The molecule has 5 heteroatoms. The number of carbonyl (C=O) groups excluding carboxylic acids is 1. The van der Waals surface area contributed by atoms with Crippen molar-refractivity contribution in [2.45, 2.75) is 38.7 Å². The minimum Gasteiger partial charge on any atom is -0.491 e. The highest BCUT2D eigenvalue weighted by atomic mass is 16.5. The molecule has 2 N–H and O–H groups in total. The first-order valence-electron chi connectivity index (χ1n) is 9.59. The average Bonchev–Trinajstić information content (AvgIpc) is 3.19. The SMILES string of the molecule is CC(C)c1ccccc1NCC(=O)Nc1ccc(OCC2CCCO2)cc1. The second-order valence-corrected chi connectivity index (χ2v) is 7.11. The van der Waals surface area contributed by atoms with Crippen LogP contribution in [-0.2, 0) is 9.53 Å². The standard InChI is InChI=1S/C22H28N2O3/c1-16(2)20-7-3-4-8-21(20)23-14-22(25)24-17-9-11-18(12-10-17)27-15-19-6-5-13-26-19/h3-4,7-12,16,19,23H,5-6,13-15H2,1-2H3,(H,24,25). The number of hydrogen-bond acceptors (Lipinski definition) is 4. The largest absolute Gasteiger partial charge is 0.491 e. The van der Waals surface area contributed by atoms with Gasteiger partial charge in [-0.1, -0.05) is 32.0 Å². The van der Waals surface area contributed by atoms with E-state index in [1.54, 1.807) is 0 Å². The summed E-state index contributed by atoms with van der Waals surface area (Å²) in [7, 11) is 0. The van der Waals surface area contributed by atoms with E-state index in [0.717, 1.165) is 36.6 Å². The van der Waals surface area contributed by atoms with Crippen LogP contribution in [0.1, 0.15) is 38.2 Å². The van der Waals surface area contributed by atoms with Gasteiger partial charge in [0, 0.05) is 18.0 Å². The summed E-state index contributed by atoms with van der Waals surface area (Å²) >= 11 is 0. The van der Waals surface area contributed by atoms with E-state index >= 15 is 0 Å². The number of carbonyl (C=O) groups is 1. The summed E-state index contributed by atoms with van der Waals surface area (Å²) < 4.78 is 11.3. The van der Waals surface area contributed by atoms with Crippen molar-refractivity contribution < 1.29 is 14.3 Å². The molecule has 2 aromatic rings. The van der Waals surface area contributed by atoms with Crippen molar-refractivity contribution in [3.63, 3.8) is 0 Å². The van der Waals surface area contributed by atoms with Gasteiger partial charge in [-0.25, -0.2) is 0 Å². The van der Waals surface area contributed by atoms with Gasteiger partial charge in [-0.15, -0.1) is 0 Å². The zero-order valence-corrected chi connectivity index (χ0v) is 16.0. The Bertz CT molecular complexity index is 737. The lowest BCUT2D eigenvalue weighted by atomic mass is 10.0. The van der Waals surface area contributed by atoms with E-state index in [2.05, 4.69) is 30.5 Å². The van der Waals surface area contributed by atoms with Crippen LogP contribution in [0, 0.1) is 0 Å². The molecule has 1 aliphatic rings. The van der Waals surface area contributed by atoms with Crippen LogP contribution in [0.4, 0.5) is 11.4 Å². The van der Waals surface area contributed by atoms with Gasteiger partial charge in [0.2, 0.25) is 5.91 Å². The van der Waals surface area contributed by atoms with E-state index in [4.69, 9.17) is 9.47 Å². The summed E-state index contributed by atoms with van der Waals surface area (Å²) in [6.45, 7) is 5.91.